The maximum absolute atomic E-state index is 4.85. The van der Waals surface area contributed by atoms with Gasteiger partial charge in [0.1, 0.15) is 0 Å². The molecule has 2 radical (unpaired) electrons. The van der Waals surface area contributed by atoms with Gasteiger partial charge in [0.05, 0.1) is 13.2 Å². The molecule has 0 heterocycles. The van der Waals surface area contributed by atoms with E-state index in [2.05, 4.69) is 13.8 Å². The standard InChI is InChI=1S/C7H14O2/c1-7(2,5-8-3)6-9-4/h1-2,5-6H2,3-4H3. The summed E-state index contributed by atoms with van der Waals surface area (Å²) in [7, 11) is 3.25. The van der Waals surface area contributed by atoms with Crippen molar-refractivity contribution in [3.8, 4) is 0 Å². The molecule has 0 aliphatic heterocycles. The van der Waals surface area contributed by atoms with Gasteiger partial charge in [0.15, 0.2) is 0 Å². The van der Waals surface area contributed by atoms with E-state index in [9.17, 15) is 0 Å². The SMILES string of the molecule is [CH2]C([CH2])(COC)COC. The molecule has 0 saturated carbocycles. The number of methoxy groups -OCH3 is 2. The third-order valence-corrected chi connectivity index (χ3v) is 0.901. The van der Waals surface area contributed by atoms with E-state index in [-0.39, 0.29) is 5.41 Å². The fourth-order valence-corrected chi connectivity index (χ4v) is 0.654. The Morgan fingerprint density at radius 1 is 1.11 bits per heavy atom. The maximum Gasteiger partial charge on any atom is 0.0540 e. The van der Waals surface area contributed by atoms with E-state index in [4.69, 9.17) is 9.47 Å². The second-order valence-electron chi connectivity index (χ2n) is 2.37. The van der Waals surface area contributed by atoms with Crippen LogP contribution < -0.4 is 0 Å². The van der Waals surface area contributed by atoms with Crippen LogP contribution >= 0.6 is 0 Å². The van der Waals surface area contributed by atoms with Crippen molar-refractivity contribution in [2.45, 2.75) is 0 Å². The quantitative estimate of drug-likeness (QED) is 0.563. The summed E-state index contributed by atoms with van der Waals surface area (Å²) in [6.07, 6.45) is 0. The minimum absolute atomic E-state index is 0.344. The maximum atomic E-state index is 4.85. The zero-order valence-electron chi connectivity index (χ0n) is 6.14. The lowest BCUT2D eigenvalue weighted by molar-refractivity contribution is 0.0646. The Kier molecular flexibility index (Phi) is 3.82. The topological polar surface area (TPSA) is 18.5 Å². The fraction of sp³-hybridized carbons (Fsp3) is 0.714. The van der Waals surface area contributed by atoms with Crippen molar-refractivity contribution in [1.82, 2.24) is 0 Å². The van der Waals surface area contributed by atoms with E-state index in [0.717, 1.165) is 0 Å². The van der Waals surface area contributed by atoms with E-state index in [1.807, 2.05) is 0 Å². The minimum atomic E-state index is -0.344. The molecule has 0 fully saturated rings. The first-order valence-electron chi connectivity index (χ1n) is 2.81. The predicted molar refractivity (Wildman–Crippen MR) is 36.9 cm³/mol. The lowest BCUT2D eigenvalue weighted by Crippen LogP contribution is -2.24. The first-order chi connectivity index (χ1) is 4.12. The highest BCUT2D eigenvalue weighted by Gasteiger charge is 2.16. The normalized spacial score (nSPS) is 12.0. The van der Waals surface area contributed by atoms with Gasteiger partial charge in [0.25, 0.3) is 0 Å². The van der Waals surface area contributed by atoms with Crippen LogP contribution in [0.3, 0.4) is 0 Å². The van der Waals surface area contributed by atoms with Gasteiger partial charge in [-0.05, 0) is 13.8 Å². The molecule has 0 spiro atoms. The summed E-state index contributed by atoms with van der Waals surface area (Å²) in [5.41, 5.74) is -0.344. The van der Waals surface area contributed by atoms with Gasteiger partial charge >= 0.3 is 0 Å². The summed E-state index contributed by atoms with van der Waals surface area (Å²) in [4.78, 5) is 0. The number of hydrogen-bond acceptors (Lipinski definition) is 2. The van der Waals surface area contributed by atoms with Gasteiger partial charge in [0.2, 0.25) is 0 Å². The molecule has 2 nitrogen and oxygen atoms in total. The van der Waals surface area contributed by atoms with Crippen molar-refractivity contribution in [3.05, 3.63) is 13.8 Å². The van der Waals surface area contributed by atoms with Crippen LogP contribution in [0, 0.1) is 19.3 Å². The first-order valence-corrected chi connectivity index (χ1v) is 2.81. The average Bonchev–Trinajstić information content (AvgIpc) is 1.64. The Morgan fingerprint density at radius 2 is 1.44 bits per heavy atom. The number of ether oxygens (including phenoxy) is 2. The van der Waals surface area contributed by atoms with Crippen molar-refractivity contribution in [1.29, 1.82) is 0 Å². The zero-order valence-corrected chi connectivity index (χ0v) is 6.14. The minimum Gasteiger partial charge on any atom is -0.384 e. The first kappa shape index (κ1) is 8.92. The third-order valence-electron chi connectivity index (χ3n) is 0.901. The predicted octanol–water partition coefficient (Wildman–Crippen LogP) is 0.934. The number of rotatable bonds is 4. The molecular weight excluding hydrogens is 116 g/mol. The van der Waals surface area contributed by atoms with Crippen LogP contribution in [0.2, 0.25) is 0 Å². The molecule has 0 aromatic carbocycles. The van der Waals surface area contributed by atoms with Gasteiger partial charge in [-0.25, -0.2) is 0 Å². The van der Waals surface area contributed by atoms with Crippen molar-refractivity contribution in [2.75, 3.05) is 27.4 Å². The van der Waals surface area contributed by atoms with Gasteiger partial charge in [0, 0.05) is 19.6 Å². The Labute approximate surface area is 57.2 Å². The molecule has 0 aliphatic carbocycles. The van der Waals surface area contributed by atoms with Crippen molar-refractivity contribution in [2.24, 2.45) is 5.41 Å². The van der Waals surface area contributed by atoms with Crippen LogP contribution in [-0.2, 0) is 9.47 Å². The number of hydrogen-bond donors (Lipinski definition) is 0. The van der Waals surface area contributed by atoms with Crippen molar-refractivity contribution >= 4 is 0 Å². The molecule has 0 atom stereocenters. The van der Waals surface area contributed by atoms with Crippen LogP contribution in [0.15, 0.2) is 0 Å². The molecule has 54 valence electrons. The van der Waals surface area contributed by atoms with Gasteiger partial charge in [-0.1, -0.05) is 0 Å². The summed E-state index contributed by atoms with van der Waals surface area (Å²) in [5.74, 6) is 0. The summed E-state index contributed by atoms with van der Waals surface area (Å²) >= 11 is 0. The van der Waals surface area contributed by atoms with E-state index in [0.29, 0.717) is 13.2 Å². The molecule has 0 saturated heterocycles. The van der Waals surface area contributed by atoms with Crippen molar-refractivity contribution in [3.63, 3.8) is 0 Å². The molecular formula is C7H14O2. The summed E-state index contributed by atoms with van der Waals surface area (Å²) < 4.78 is 9.71. The third kappa shape index (κ3) is 4.43. The Morgan fingerprint density at radius 3 is 1.67 bits per heavy atom. The van der Waals surface area contributed by atoms with Crippen LogP contribution in [0.1, 0.15) is 0 Å². The summed E-state index contributed by atoms with van der Waals surface area (Å²) in [6.45, 7) is 8.63. The van der Waals surface area contributed by atoms with E-state index in [1.54, 1.807) is 14.2 Å². The molecule has 0 aromatic rings. The summed E-state index contributed by atoms with van der Waals surface area (Å²) in [5, 5.41) is 0. The Balaban J connectivity index is 3.43. The van der Waals surface area contributed by atoms with Gasteiger partial charge in [-0.2, -0.15) is 0 Å². The fourth-order valence-electron chi connectivity index (χ4n) is 0.654. The molecule has 0 aromatic heterocycles. The lowest BCUT2D eigenvalue weighted by Gasteiger charge is -2.21. The van der Waals surface area contributed by atoms with Crippen LogP contribution in [0.25, 0.3) is 0 Å². The highest BCUT2D eigenvalue weighted by atomic mass is 16.5. The highest BCUT2D eigenvalue weighted by Crippen LogP contribution is 2.12. The Hall–Kier alpha value is -0.0800. The van der Waals surface area contributed by atoms with Crippen LogP contribution in [0.4, 0.5) is 0 Å². The zero-order chi connectivity index (χ0) is 7.33. The summed E-state index contributed by atoms with van der Waals surface area (Å²) in [6, 6.07) is 0. The Bertz CT molecular complexity index is 61.3. The molecule has 9 heavy (non-hydrogen) atoms. The second-order valence-corrected chi connectivity index (χ2v) is 2.37. The molecule has 0 aliphatic rings. The smallest absolute Gasteiger partial charge is 0.0540 e. The van der Waals surface area contributed by atoms with E-state index < -0.39 is 0 Å². The largest absolute Gasteiger partial charge is 0.384 e. The van der Waals surface area contributed by atoms with Gasteiger partial charge in [-0.3, -0.25) is 0 Å². The molecule has 0 bridgehead atoms. The van der Waals surface area contributed by atoms with E-state index in [1.165, 1.54) is 0 Å². The van der Waals surface area contributed by atoms with Crippen LogP contribution in [0.5, 0.6) is 0 Å². The van der Waals surface area contributed by atoms with Crippen molar-refractivity contribution < 1.29 is 9.47 Å². The lowest BCUT2D eigenvalue weighted by atomic mass is 9.96. The van der Waals surface area contributed by atoms with Gasteiger partial charge < -0.3 is 9.47 Å². The average molecular weight is 130 g/mol. The molecule has 0 unspecified atom stereocenters. The monoisotopic (exact) mass is 130 g/mol. The molecule has 2 heteroatoms. The van der Waals surface area contributed by atoms with E-state index >= 15 is 0 Å². The molecule has 0 N–H and O–H groups in total. The molecule has 0 rings (SSSR count). The highest BCUT2D eigenvalue weighted by molar-refractivity contribution is 4.83. The van der Waals surface area contributed by atoms with Gasteiger partial charge in [-0.15, -0.1) is 0 Å². The second kappa shape index (κ2) is 3.85. The van der Waals surface area contributed by atoms with Crippen LogP contribution in [-0.4, -0.2) is 27.4 Å². The molecule has 0 amide bonds.